The predicted octanol–water partition coefficient (Wildman–Crippen LogP) is 2.01. The van der Waals surface area contributed by atoms with Crippen LogP contribution in [0.1, 0.15) is 28.8 Å². The molecule has 0 saturated heterocycles. The molecule has 0 spiro atoms. The molecular formula is C19H22N4O2. The number of hydrogen-bond acceptors (Lipinski definition) is 3. The molecule has 1 aliphatic rings. The maximum atomic E-state index is 12.6. The maximum absolute atomic E-state index is 12.6. The minimum absolute atomic E-state index is 0.138. The molecule has 6 heteroatoms. The Hall–Kier alpha value is -2.60. The number of pyridine rings is 1. The largest absolute Gasteiger partial charge is 0.391 e. The first kappa shape index (κ1) is 15.9. The first-order valence-electron chi connectivity index (χ1n) is 8.61. The molecule has 0 aromatic carbocycles. The van der Waals surface area contributed by atoms with Crippen molar-refractivity contribution in [3.8, 4) is 0 Å². The van der Waals surface area contributed by atoms with Gasteiger partial charge < -0.3 is 19.4 Å². The summed E-state index contributed by atoms with van der Waals surface area (Å²) < 4.78 is 3.97. The molecule has 0 bridgehead atoms. The summed E-state index contributed by atoms with van der Waals surface area (Å²) in [6.07, 6.45) is 10.3. The van der Waals surface area contributed by atoms with E-state index in [2.05, 4.69) is 16.4 Å². The molecule has 130 valence electrons. The highest BCUT2D eigenvalue weighted by Gasteiger charge is 2.34. The van der Waals surface area contributed by atoms with Crippen LogP contribution in [0.4, 0.5) is 0 Å². The van der Waals surface area contributed by atoms with Crippen LogP contribution < -0.4 is 5.32 Å². The second kappa shape index (κ2) is 6.37. The van der Waals surface area contributed by atoms with Crippen molar-refractivity contribution in [3.05, 3.63) is 60.4 Å². The minimum Gasteiger partial charge on any atom is -0.391 e. The summed E-state index contributed by atoms with van der Waals surface area (Å²) in [7, 11) is 0. The number of carbonyl (C=O) groups excluding carboxylic acids is 1. The lowest BCUT2D eigenvalue weighted by Gasteiger charge is -2.16. The minimum atomic E-state index is -0.505. The van der Waals surface area contributed by atoms with E-state index in [1.807, 2.05) is 46.6 Å². The highest BCUT2D eigenvalue weighted by atomic mass is 16.3. The van der Waals surface area contributed by atoms with Gasteiger partial charge in [0.05, 0.1) is 24.0 Å². The summed E-state index contributed by atoms with van der Waals surface area (Å²) in [5.74, 6) is 0.199. The number of nitrogens with one attached hydrogen (secondary N) is 1. The number of amides is 1. The van der Waals surface area contributed by atoms with Gasteiger partial charge in [0.25, 0.3) is 5.91 Å². The summed E-state index contributed by atoms with van der Waals surface area (Å²) in [5.41, 5.74) is 2.83. The van der Waals surface area contributed by atoms with Crippen molar-refractivity contribution in [1.82, 2.24) is 19.3 Å². The van der Waals surface area contributed by atoms with Crippen molar-refractivity contribution in [2.24, 2.45) is 5.92 Å². The first-order valence-corrected chi connectivity index (χ1v) is 8.61. The summed E-state index contributed by atoms with van der Waals surface area (Å²) in [6.45, 7) is 2.85. The second-order valence-electron chi connectivity index (χ2n) is 7.01. The Morgan fingerprint density at radius 1 is 1.36 bits per heavy atom. The third-order valence-electron chi connectivity index (χ3n) is 4.96. The van der Waals surface area contributed by atoms with Crippen molar-refractivity contribution in [2.75, 3.05) is 0 Å². The van der Waals surface area contributed by atoms with E-state index >= 15 is 0 Å². The van der Waals surface area contributed by atoms with Gasteiger partial charge in [0.1, 0.15) is 0 Å². The van der Waals surface area contributed by atoms with E-state index < -0.39 is 6.10 Å². The first-order chi connectivity index (χ1) is 12.1. The van der Waals surface area contributed by atoms with Crippen LogP contribution in [0.5, 0.6) is 0 Å². The Bertz CT molecular complexity index is 884. The van der Waals surface area contributed by atoms with Crippen LogP contribution in [0.2, 0.25) is 0 Å². The third-order valence-corrected chi connectivity index (χ3v) is 4.96. The van der Waals surface area contributed by atoms with Crippen molar-refractivity contribution < 1.29 is 9.90 Å². The van der Waals surface area contributed by atoms with Gasteiger partial charge in [-0.1, -0.05) is 0 Å². The van der Waals surface area contributed by atoms with Crippen molar-refractivity contribution >= 4 is 11.4 Å². The average molecular weight is 338 g/mol. The SMILES string of the molecule is Cc1cc2ccc(C(=O)N[C@@H]3CC(Cn4ccnc4)C[C@H]3O)cn2c1. The van der Waals surface area contributed by atoms with Crippen molar-refractivity contribution in [1.29, 1.82) is 0 Å². The van der Waals surface area contributed by atoms with E-state index in [4.69, 9.17) is 0 Å². The fraction of sp³-hybridized carbons (Fsp3) is 0.368. The maximum Gasteiger partial charge on any atom is 0.253 e. The van der Waals surface area contributed by atoms with E-state index in [-0.39, 0.29) is 11.9 Å². The molecule has 2 N–H and O–H groups in total. The quantitative estimate of drug-likeness (QED) is 0.764. The van der Waals surface area contributed by atoms with Crippen LogP contribution >= 0.6 is 0 Å². The molecule has 3 aromatic rings. The summed E-state index contributed by atoms with van der Waals surface area (Å²) >= 11 is 0. The van der Waals surface area contributed by atoms with Gasteiger partial charge in [0.15, 0.2) is 0 Å². The standard InChI is InChI=1S/C19H22N4O2/c1-13-6-16-3-2-15(11-23(16)9-13)19(25)21-17-7-14(8-18(17)24)10-22-5-4-20-12-22/h2-6,9,11-12,14,17-18,24H,7-8,10H2,1H3,(H,21,25)/t14?,17-,18-/m1/s1. The van der Waals surface area contributed by atoms with E-state index in [9.17, 15) is 9.90 Å². The average Bonchev–Trinajstić information content (AvgIpc) is 3.28. The molecule has 1 unspecified atom stereocenters. The zero-order valence-electron chi connectivity index (χ0n) is 14.2. The number of aromatic nitrogens is 3. The van der Waals surface area contributed by atoms with Gasteiger partial charge in [-0.3, -0.25) is 4.79 Å². The second-order valence-corrected chi connectivity index (χ2v) is 7.01. The van der Waals surface area contributed by atoms with E-state index in [1.54, 1.807) is 12.5 Å². The Kier molecular flexibility index (Phi) is 4.05. The molecule has 1 fully saturated rings. The monoisotopic (exact) mass is 338 g/mol. The van der Waals surface area contributed by atoms with Crippen LogP contribution in [0, 0.1) is 12.8 Å². The fourth-order valence-corrected chi connectivity index (χ4v) is 3.75. The molecule has 6 nitrogen and oxygen atoms in total. The van der Waals surface area contributed by atoms with Crippen LogP contribution in [-0.4, -0.2) is 37.1 Å². The Morgan fingerprint density at radius 3 is 3.04 bits per heavy atom. The van der Waals surface area contributed by atoms with Crippen molar-refractivity contribution in [3.63, 3.8) is 0 Å². The molecule has 1 saturated carbocycles. The van der Waals surface area contributed by atoms with E-state index in [1.165, 1.54) is 0 Å². The Labute approximate surface area is 146 Å². The third kappa shape index (κ3) is 3.30. The number of aliphatic hydroxyl groups excluding tert-OH is 1. The van der Waals surface area contributed by atoms with Gasteiger partial charge in [-0.05, 0) is 49.4 Å². The van der Waals surface area contributed by atoms with Crippen molar-refractivity contribution in [2.45, 2.75) is 38.5 Å². The number of carbonyl (C=O) groups is 1. The lowest BCUT2D eigenvalue weighted by atomic mass is 10.1. The zero-order chi connectivity index (χ0) is 17.4. The predicted molar refractivity (Wildman–Crippen MR) is 94.3 cm³/mol. The molecule has 1 amide bonds. The molecule has 3 heterocycles. The van der Waals surface area contributed by atoms with Gasteiger partial charge in [-0.15, -0.1) is 0 Å². The molecule has 3 atom stereocenters. The highest BCUT2D eigenvalue weighted by Crippen LogP contribution is 2.28. The van der Waals surface area contributed by atoms with Crippen LogP contribution in [0.25, 0.3) is 5.52 Å². The van der Waals surface area contributed by atoms with Gasteiger partial charge in [0.2, 0.25) is 0 Å². The summed E-state index contributed by atoms with van der Waals surface area (Å²) in [6, 6.07) is 5.63. The molecular weight excluding hydrogens is 316 g/mol. The molecule has 25 heavy (non-hydrogen) atoms. The van der Waals surface area contributed by atoms with E-state index in [0.29, 0.717) is 17.9 Å². The topological polar surface area (TPSA) is 71.6 Å². The fourth-order valence-electron chi connectivity index (χ4n) is 3.75. The summed E-state index contributed by atoms with van der Waals surface area (Å²) in [5, 5.41) is 13.3. The smallest absolute Gasteiger partial charge is 0.253 e. The highest BCUT2D eigenvalue weighted by molar-refractivity contribution is 5.94. The van der Waals surface area contributed by atoms with Gasteiger partial charge in [-0.25, -0.2) is 4.98 Å². The molecule has 1 aliphatic carbocycles. The number of rotatable bonds is 4. The number of nitrogens with zero attached hydrogens (tertiary/aromatic N) is 3. The van der Waals surface area contributed by atoms with Crippen LogP contribution in [0.15, 0.2) is 49.3 Å². The Balaban J connectivity index is 1.42. The number of fused-ring (bicyclic) bond motifs is 1. The van der Waals surface area contributed by atoms with Gasteiger partial charge in [-0.2, -0.15) is 0 Å². The van der Waals surface area contributed by atoms with Crippen LogP contribution in [0.3, 0.4) is 0 Å². The van der Waals surface area contributed by atoms with Gasteiger partial charge in [0, 0.05) is 36.8 Å². The number of aliphatic hydroxyl groups is 1. The normalized spacial score (nSPS) is 23.2. The molecule has 0 aliphatic heterocycles. The van der Waals surface area contributed by atoms with Gasteiger partial charge >= 0.3 is 0 Å². The summed E-state index contributed by atoms with van der Waals surface area (Å²) in [4.78, 5) is 16.6. The molecule has 4 rings (SSSR count). The number of aryl methyl sites for hydroxylation is 1. The molecule has 3 aromatic heterocycles. The lowest BCUT2D eigenvalue weighted by molar-refractivity contribution is 0.0872. The van der Waals surface area contributed by atoms with E-state index in [0.717, 1.165) is 24.0 Å². The number of imidazole rings is 1. The zero-order valence-corrected chi connectivity index (χ0v) is 14.2. The lowest BCUT2D eigenvalue weighted by Crippen LogP contribution is -2.40. The number of hydrogen-bond donors (Lipinski definition) is 2. The van der Waals surface area contributed by atoms with Crippen LogP contribution in [-0.2, 0) is 6.54 Å². The Morgan fingerprint density at radius 2 is 2.24 bits per heavy atom. The molecule has 0 radical (unpaired) electrons.